The zero-order valence-electron chi connectivity index (χ0n) is 11.7. The van der Waals surface area contributed by atoms with E-state index >= 15 is 0 Å². The van der Waals surface area contributed by atoms with Crippen LogP contribution < -0.4 is 16.6 Å². The van der Waals surface area contributed by atoms with Crippen LogP contribution in [0, 0.1) is 5.92 Å². The number of alkyl carbamates (subject to hydrolysis) is 1. The Morgan fingerprint density at radius 2 is 1.94 bits per heavy atom. The molecule has 6 heteroatoms. The highest BCUT2D eigenvalue weighted by Gasteiger charge is 2.30. The molecule has 18 heavy (non-hydrogen) atoms. The van der Waals surface area contributed by atoms with Gasteiger partial charge in [0.25, 0.3) is 0 Å². The average molecular weight is 259 g/mol. The number of hydrazine groups is 1. The summed E-state index contributed by atoms with van der Waals surface area (Å²) in [6, 6.07) is 0.185. The number of nitrogens with two attached hydrogens (primary N) is 1. The van der Waals surface area contributed by atoms with Crippen LogP contribution in [0.5, 0.6) is 0 Å². The first-order valence-corrected chi connectivity index (χ1v) is 6.12. The molecular formula is C12H25N3O3. The Kier molecular flexibility index (Phi) is 7.54. The number of carbonyl (C=O) groups excluding carboxylic acids is 2. The van der Waals surface area contributed by atoms with Crippen LogP contribution in [0.15, 0.2) is 0 Å². The molecule has 1 fully saturated rings. The van der Waals surface area contributed by atoms with Crippen molar-refractivity contribution in [1.82, 2.24) is 10.7 Å². The Morgan fingerprint density at radius 3 is 2.33 bits per heavy atom. The zero-order chi connectivity index (χ0) is 14.2. The third-order valence-corrected chi connectivity index (χ3v) is 2.39. The lowest BCUT2D eigenvalue weighted by atomic mass is 9.79. The molecular weight excluding hydrogens is 234 g/mol. The smallest absolute Gasteiger partial charge is 0.407 e. The highest BCUT2D eigenvalue weighted by Crippen LogP contribution is 2.29. The largest absolute Gasteiger partial charge is 0.444 e. The van der Waals surface area contributed by atoms with Crippen LogP contribution in [0.1, 0.15) is 40.0 Å². The van der Waals surface area contributed by atoms with Gasteiger partial charge in [0, 0.05) is 12.5 Å². The molecule has 0 aromatic heterocycles. The van der Waals surface area contributed by atoms with E-state index in [0.717, 1.165) is 19.1 Å². The molecule has 0 aromatic rings. The van der Waals surface area contributed by atoms with Crippen molar-refractivity contribution in [3.8, 4) is 0 Å². The van der Waals surface area contributed by atoms with Gasteiger partial charge in [0.15, 0.2) is 0 Å². The van der Waals surface area contributed by atoms with Gasteiger partial charge in [0.05, 0.1) is 0 Å². The van der Waals surface area contributed by atoms with Crippen molar-refractivity contribution in [3.05, 3.63) is 0 Å². The number of nitrogens with one attached hydrogen (secondary N) is 2. The van der Waals surface area contributed by atoms with Crippen molar-refractivity contribution >= 4 is 12.4 Å². The van der Waals surface area contributed by atoms with Crippen molar-refractivity contribution in [3.63, 3.8) is 0 Å². The van der Waals surface area contributed by atoms with Gasteiger partial charge in [-0.25, -0.2) is 4.79 Å². The van der Waals surface area contributed by atoms with Gasteiger partial charge in [-0.05, 0) is 46.6 Å². The normalized spacial score (nSPS) is 22.1. The molecule has 0 aliphatic heterocycles. The Bertz CT molecular complexity index is 258. The first-order chi connectivity index (χ1) is 8.32. The number of aldehydes is 1. The second-order valence-electron chi connectivity index (χ2n) is 5.37. The number of ether oxygens (including phenoxy) is 1. The molecule has 0 aromatic carbocycles. The summed E-state index contributed by atoms with van der Waals surface area (Å²) in [4.78, 5) is 21.5. The molecule has 4 N–H and O–H groups in total. The summed E-state index contributed by atoms with van der Waals surface area (Å²) < 4.78 is 5.12. The molecule has 0 saturated heterocycles. The van der Waals surface area contributed by atoms with Crippen LogP contribution in [0.25, 0.3) is 0 Å². The van der Waals surface area contributed by atoms with E-state index in [0.29, 0.717) is 12.3 Å². The van der Waals surface area contributed by atoms with Gasteiger partial charge in [0.1, 0.15) is 11.9 Å². The van der Waals surface area contributed by atoms with Crippen molar-refractivity contribution in [2.75, 3.05) is 7.05 Å². The minimum absolute atomic E-state index is 0.185. The highest BCUT2D eigenvalue weighted by atomic mass is 16.6. The Balaban J connectivity index is 0.000000873. The second kappa shape index (κ2) is 8.05. The topological polar surface area (TPSA) is 93.4 Å². The quantitative estimate of drug-likeness (QED) is 0.399. The maximum Gasteiger partial charge on any atom is 0.407 e. The van der Waals surface area contributed by atoms with E-state index in [1.54, 1.807) is 7.05 Å². The van der Waals surface area contributed by atoms with Crippen molar-refractivity contribution in [2.24, 2.45) is 11.8 Å². The molecule has 106 valence electrons. The number of hydrogen-bond donors (Lipinski definition) is 3. The first-order valence-electron chi connectivity index (χ1n) is 6.12. The van der Waals surface area contributed by atoms with Crippen LogP contribution in [-0.2, 0) is 9.53 Å². The van der Waals surface area contributed by atoms with E-state index in [9.17, 15) is 9.59 Å². The molecule has 6 nitrogen and oxygen atoms in total. The third kappa shape index (κ3) is 8.03. The molecule has 1 rings (SSSR count). The molecule has 0 spiro atoms. The van der Waals surface area contributed by atoms with Gasteiger partial charge < -0.3 is 14.8 Å². The number of hydrogen-bond acceptors (Lipinski definition) is 5. The van der Waals surface area contributed by atoms with Gasteiger partial charge in [0.2, 0.25) is 0 Å². The summed E-state index contributed by atoms with van der Waals surface area (Å²) in [5.74, 6) is 5.04. The maximum atomic E-state index is 11.3. The monoisotopic (exact) mass is 259 g/mol. The van der Waals surface area contributed by atoms with E-state index < -0.39 is 5.60 Å². The van der Waals surface area contributed by atoms with E-state index in [1.807, 2.05) is 20.8 Å². The Hall–Kier alpha value is -1.14. The minimum Gasteiger partial charge on any atom is -0.444 e. The van der Waals surface area contributed by atoms with Gasteiger partial charge >= 0.3 is 6.09 Å². The summed E-state index contributed by atoms with van der Waals surface area (Å²) in [6.45, 7) is 5.51. The number of amides is 1. The fourth-order valence-corrected chi connectivity index (χ4v) is 1.66. The lowest BCUT2D eigenvalue weighted by Crippen LogP contribution is -2.46. The predicted octanol–water partition coefficient (Wildman–Crippen LogP) is 0.958. The Labute approximate surface area is 109 Å². The van der Waals surface area contributed by atoms with Gasteiger partial charge in [-0.3, -0.25) is 11.3 Å². The average Bonchev–Trinajstić information content (AvgIpc) is 2.12. The lowest BCUT2D eigenvalue weighted by molar-refractivity contribution is -0.109. The summed E-state index contributed by atoms with van der Waals surface area (Å²) in [5.41, 5.74) is 1.80. The van der Waals surface area contributed by atoms with Crippen LogP contribution in [0.3, 0.4) is 0 Å². The second-order valence-corrected chi connectivity index (χ2v) is 5.37. The molecule has 0 unspecified atom stereocenters. The molecule has 1 saturated carbocycles. The lowest BCUT2D eigenvalue weighted by Gasteiger charge is -2.35. The molecule has 0 atom stereocenters. The number of carbonyl (C=O) groups is 2. The molecule has 1 amide bonds. The maximum absolute atomic E-state index is 11.3. The summed E-state index contributed by atoms with van der Waals surface area (Å²) in [6.07, 6.45) is 2.95. The fraction of sp³-hybridized carbons (Fsp3) is 0.833. The van der Waals surface area contributed by atoms with Gasteiger partial charge in [-0.15, -0.1) is 0 Å². The summed E-state index contributed by atoms with van der Waals surface area (Å²) in [7, 11) is 1.65. The number of rotatable bonds is 3. The molecule has 0 bridgehead atoms. The van der Waals surface area contributed by atoms with Crippen LogP contribution in [0.4, 0.5) is 4.79 Å². The van der Waals surface area contributed by atoms with Crippen molar-refractivity contribution < 1.29 is 14.3 Å². The molecule has 1 aliphatic rings. The van der Waals surface area contributed by atoms with Gasteiger partial charge in [-0.2, -0.15) is 0 Å². The third-order valence-electron chi connectivity index (χ3n) is 2.39. The molecule has 1 aliphatic carbocycles. The summed E-state index contributed by atoms with van der Waals surface area (Å²) >= 11 is 0. The van der Waals surface area contributed by atoms with Gasteiger partial charge in [-0.1, -0.05) is 0 Å². The fourth-order valence-electron chi connectivity index (χ4n) is 1.66. The highest BCUT2D eigenvalue weighted by molar-refractivity contribution is 5.68. The summed E-state index contributed by atoms with van der Waals surface area (Å²) in [5, 5.41) is 2.78. The van der Waals surface area contributed by atoms with Crippen LogP contribution >= 0.6 is 0 Å². The first kappa shape index (κ1) is 16.9. The van der Waals surface area contributed by atoms with E-state index in [2.05, 4.69) is 16.6 Å². The van der Waals surface area contributed by atoms with E-state index in [4.69, 9.17) is 4.74 Å². The SMILES string of the molecule is CC(C)(C)OC(=O)NC1CC(CC=O)C1.CNN. The van der Waals surface area contributed by atoms with Crippen molar-refractivity contribution in [2.45, 2.75) is 51.7 Å². The minimum atomic E-state index is -0.448. The van der Waals surface area contributed by atoms with Crippen molar-refractivity contribution in [1.29, 1.82) is 0 Å². The van der Waals surface area contributed by atoms with Crippen LogP contribution in [0.2, 0.25) is 0 Å². The van der Waals surface area contributed by atoms with E-state index in [1.165, 1.54) is 0 Å². The Morgan fingerprint density at radius 1 is 1.44 bits per heavy atom. The molecule has 0 radical (unpaired) electrons. The predicted molar refractivity (Wildman–Crippen MR) is 69.8 cm³/mol. The standard InChI is InChI=1S/C11H19NO3.CH6N2/c1-11(2,3)15-10(14)12-9-6-8(7-9)4-5-13;1-3-2/h5,8-9H,4,6-7H2,1-3H3,(H,12,14);3H,2H2,1H3. The molecule has 0 heterocycles. The van der Waals surface area contributed by atoms with E-state index in [-0.39, 0.29) is 12.1 Å². The van der Waals surface area contributed by atoms with Crippen LogP contribution in [-0.4, -0.2) is 31.1 Å². The zero-order valence-corrected chi connectivity index (χ0v) is 11.7.